The third kappa shape index (κ3) is 24.5. The van der Waals surface area contributed by atoms with Gasteiger partial charge in [-0.1, -0.05) is 83.8 Å². The molecule has 0 aromatic carbocycles. The van der Waals surface area contributed by atoms with E-state index in [2.05, 4.69) is 26.0 Å². The van der Waals surface area contributed by atoms with E-state index in [-0.39, 0.29) is 12.8 Å². The normalized spacial score (nSPS) is 14.6. The molecular weight excluding hydrogens is 539 g/mol. The van der Waals surface area contributed by atoms with E-state index in [0.717, 1.165) is 57.8 Å². The molecule has 0 fully saturated rings. The zero-order valence-corrected chi connectivity index (χ0v) is 25.7. The Hall–Kier alpha value is -1.29. The van der Waals surface area contributed by atoms with Crippen molar-refractivity contribution in [3.8, 4) is 0 Å². The van der Waals surface area contributed by atoms with Crippen LogP contribution in [0.15, 0.2) is 12.2 Å². The molecule has 3 atom stereocenters. The van der Waals surface area contributed by atoms with Crippen LogP contribution in [0, 0.1) is 0 Å². The maximum absolute atomic E-state index is 12.1. The van der Waals surface area contributed by atoms with Gasteiger partial charge in [-0.25, -0.2) is 4.57 Å². The van der Waals surface area contributed by atoms with Crippen LogP contribution in [-0.2, 0) is 32.7 Å². The minimum atomic E-state index is -4.60. The molecule has 0 aliphatic heterocycles. The fraction of sp³-hybridized carbons (Fsp3) is 0.862. The number of aliphatic hydroxyl groups excluding tert-OH is 2. The van der Waals surface area contributed by atoms with Crippen LogP contribution in [0.4, 0.5) is 0 Å². The van der Waals surface area contributed by atoms with Gasteiger partial charge in [-0.15, -0.1) is 0 Å². The molecular formula is C29H55O10P. The number of aliphatic hydroxyl groups is 2. The molecule has 0 saturated heterocycles. The van der Waals surface area contributed by atoms with Gasteiger partial charge < -0.3 is 24.6 Å². The van der Waals surface area contributed by atoms with Crippen molar-refractivity contribution in [3.05, 3.63) is 12.2 Å². The predicted molar refractivity (Wildman–Crippen MR) is 155 cm³/mol. The van der Waals surface area contributed by atoms with Crippen LogP contribution in [0.3, 0.4) is 0 Å². The monoisotopic (exact) mass is 594 g/mol. The molecule has 0 heterocycles. The van der Waals surface area contributed by atoms with Crippen LogP contribution < -0.4 is 0 Å². The second kappa shape index (κ2) is 26.6. The standard InChI is InChI=1S/C29H55O10P/c1-3-5-7-9-10-11-12-13-14-15-16-17-19-21-29(33)39-27(23-31)25-37-40(34,35)36-24-26(22-30)38-28(32)20-18-8-6-4-2/h11-12,26-27,30-31H,3-10,13-25H2,1-2H3,(H,34,35)/b12-11-. The number of ether oxygens (including phenoxy) is 2. The number of esters is 2. The molecule has 0 aliphatic carbocycles. The first-order valence-corrected chi connectivity index (χ1v) is 16.6. The highest BCUT2D eigenvalue weighted by Gasteiger charge is 2.27. The molecule has 0 aromatic rings. The van der Waals surface area contributed by atoms with E-state index in [1.165, 1.54) is 25.7 Å². The maximum Gasteiger partial charge on any atom is 0.472 e. The Morgan fingerprint density at radius 1 is 0.650 bits per heavy atom. The minimum absolute atomic E-state index is 0.184. The summed E-state index contributed by atoms with van der Waals surface area (Å²) in [6.45, 7) is 1.98. The van der Waals surface area contributed by atoms with Gasteiger partial charge in [0.15, 0.2) is 0 Å². The van der Waals surface area contributed by atoms with Gasteiger partial charge in [0, 0.05) is 12.8 Å². The topological polar surface area (TPSA) is 149 Å². The molecule has 0 bridgehead atoms. The summed E-state index contributed by atoms with van der Waals surface area (Å²) in [5.74, 6) is -1.05. The fourth-order valence-corrected chi connectivity index (χ4v) is 4.60. The fourth-order valence-electron chi connectivity index (χ4n) is 3.81. The molecule has 236 valence electrons. The lowest BCUT2D eigenvalue weighted by Crippen LogP contribution is -2.28. The van der Waals surface area contributed by atoms with Gasteiger partial charge >= 0.3 is 19.8 Å². The van der Waals surface area contributed by atoms with Crippen LogP contribution in [-0.4, -0.2) is 65.7 Å². The van der Waals surface area contributed by atoms with Crippen molar-refractivity contribution in [1.29, 1.82) is 0 Å². The summed E-state index contributed by atoms with van der Waals surface area (Å²) in [4.78, 5) is 33.8. The van der Waals surface area contributed by atoms with Crippen molar-refractivity contribution in [2.24, 2.45) is 0 Å². The van der Waals surface area contributed by atoms with E-state index in [1.54, 1.807) is 0 Å². The van der Waals surface area contributed by atoms with Gasteiger partial charge in [0.2, 0.25) is 0 Å². The molecule has 0 aliphatic rings. The smallest absolute Gasteiger partial charge is 0.457 e. The molecule has 0 rings (SSSR count). The number of unbranched alkanes of at least 4 members (excludes halogenated alkanes) is 12. The van der Waals surface area contributed by atoms with Crippen molar-refractivity contribution < 1.29 is 47.8 Å². The van der Waals surface area contributed by atoms with Crippen molar-refractivity contribution in [2.45, 2.75) is 135 Å². The van der Waals surface area contributed by atoms with Crippen molar-refractivity contribution in [2.75, 3.05) is 26.4 Å². The highest BCUT2D eigenvalue weighted by molar-refractivity contribution is 7.47. The Morgan fingerprint density at radius 2 is 1.02 bits per heavy atom. The minimum Gasteiger partial charge on any atom is -0.457 e. The van der Waals surface area contributed by atoms with Gasteiger partial charge in [-0.05, 0) is 38.5 Å². The van der Waals surface area contributed by atoms with Crippen LogP contribution in [0.25, 0.3) is 0 Å². The molecule has 0 aromatic heterocycles. The zero-order valence-electron chi connectivity index (χ0n) is 24.8. The summed E-state index contributed by atoms with van der Waals surface area (Å²) in [7, 11) is -4.60. The van der Waals surface area contributed by atoms with E-state index in [1.807, 2.05) is 0 Å². The van der Waals surface area contributed by atoms with Crippen LogP contribution in [0.5, 0.6) is 0 Å². The third-order valence-electron chi connectivity index (χ3n) is 6.23. The summed E-state index contributed by atoms with van der Waals surface area (Å²) in [5, 5.41) is 18.8. The largest absolute Gasteiger partial charge is 0.472 e. The molecule has 0 spiro atoms. The van der Waals surface area contributed by atoms with Gasteiger partial charge in [-0.2, -0.15) is 0 Å². The quantitative estimate of drug-likeness (QED) is 0.0416. The first-order valence-electron chi connectivity index (χ1n) is 15.1. The molecule has 11 heteroatoms. The number of hydrogen-bond donors (Lipinski definition) is 3. The maximum atomic E-state index is 12.1. The Balaban J connectivity index is 4.04. The van der Waals surface area contributed by atoms with E-state index in [9.17, 15) is 29.3 Å². The van der Waals surface area contributed by atoms with E-state index >= 15 is 0 Å². The van der Waals surface area contributed by atoms with Gasteiger partial charge in [-0.3, -0.25) is 18.6 Å². The number of phosphoric ester groups is 1. The second-order valence-corrected chi connectivity index (χ2v) is 11.5. The number of allylic oxidation sites excluding steroid dienone is 2. The summed E-state index contributed by atoms with van der Waals surface area (Å²) in [6, 6.07) is 0. The lowest BCUT2D eigenvalue weighted by molar-refractivity contribution is -0.153. The molecule has 0 amide bonds. The van der Waals surface area contributed by atoms with Gasteiger partial charge in [0.1, 0.15) is 12.2 Å². The Morgan fingerprint density at radius 3 is 1.45 bits per heavy atom. The molecule has 3 unspecified atom stereocenters. The number of hydrogen-bond acceptors (Lipinski definition) is 9. The SMILES string of the molecule is CCCCCC/C=C\CCCCCCCC(=O)OC(CO)COP(=O)(O)OCC(CO)OC(=O)CCCCCC. The van der Waals surface area contributed by atoms with Gasteiger partial charge in [0.25, 0.3) is 0 Å². The van der Waals surface area contributed by atoms with Crippen molar-refractivity contribution in [1.82, 2.24) is 0 Å². The second-order valence-electron chi connectivity index (χ2n) is 10.1. The summed E-state index contributed by atoms with van der Waals surface area (Å²) in [6.07, 6.45) is 18.4. The number of rotatable bonds is 28. The Bertz CT molecular complexity index is 700. The molecule has 3 N–H and O–H groups in total. The molecule has 0 saturated carbocycles. The first-order chi connectivity index (χ1) is 19.3. The molecule has 40 heavy (non-hydrogen) atoms. The van der Waals surface area contributed by atoms with Crippen molar-refractivity contribution in [3.63, 3.8) is 0 Å². The van der Waals surface area contributed by atoms with Crippen molar-refractivity contribution >= 4 is 19.8 Å². The lowest BCUT2D eigenvalue weighted by atomic mass is 10.1. The van der Waals surface area contributed by atoms with E-state index < -0.39 is 58.4 Å². The third-order valence-corrected chi connectivity index (χ3v) is 7.18. The highest BCUT2D eigenvalue weighted by atomic mass is 31.2. The number of carbonyl (C=O) groups excluding carboxylic acids is 2. The highest BCUT2D eigenvalue weighted by Crippen LogP contribution is 2.43. The Kier molecular flexibility index (Phi) is 25.7. The predicted octanol–water partition coefficient (Wildman–Crippen LogP) is 6.16. The van der Waals surface area contributed by atoms with Crippen LogP contribution in [0.2, 0.25) is 0 Å². The summed E-state index contributed by atoms with van der Waals surface area (Å²) in [5.41, 5.74) is 0. The molecule has 0 radical (unpaired) electrons. The molecule has 10 nitrogen and oxygen atoms in total. The Labute approximate surface area is 241 Å². The average molecular weight is 595 g/mol. The summed E-state index contributed by atoms with van der Waals surface area (Å²) < 4.78 is 32.0. The summed E-state index contributed by atoms with van der Waals surface area (Å²) >= 11 is 0. The van der Waals surface area contributed by atoms with E-state index in [4.69, 9.17) is 18.5 Å². The zero-order chi connectivity index (χ0) is 29.9. The average Bonchev–Trinajstić information content (AvgIpc) is 2.93. The van der Waals surface area contributed by atoms with Crippen LogP contribution in [0.1, 0.15) is 123 Å². The number of phosphoric acid groups is 1. The first kappa shape index (κ1) is 38.7. The van der Waals surface area contributed by atoms with Gasteiger partial charge in [0.05, 0.1) is 26.4 Å². The van der Waals surface area contributed by atoms with E-state index in [0.29, 0.717) is 12.8 Å². The van der Waals surface area contributed by atoms with Crippen LogP contribution >= 0.6 is 7.82 Å². The lowest BCUT2D eigenvalue weighted by Gasteiger charge is -2.20. The number of carbonyl (C=O) groups is 2.